The number of nitro groups is 1. The van der Waals surface area contributed by atoms with Crippen molar-refractivity contribution in [3.63, 3.8) is 0 Å². The van der Waals surface area contributed by atoms with Gasteiger partial charge >= 0.3 is 0 Å². The largest absolute Gasteiger partial charge is 0.612 e. The van der Waals surface area contributed by atoms with Gasteiger partial charge in [0.1, 0.15) is 0 Å². The van der Waals surface area contributed by atoms with E-state index in [2.05, 4.69) is 15.1 Å². The van der Waals surface area contributed by atoms with E-state index in [1.165, 1.54) is 0 Å². The van der Waals surface area contributed by atoms with Gasteiger partial charge in [-0.25, -0.2) is 0 Å². The smallest absolute Gasteiger partial charge is 0.291 e. The van der Waals surface area contributed by atoms with E-state index in [-0.39, 0.29) is 16.0 Å². The van der Waals surface area contributed by atoms with E-state index in [1.54, 1.807) is 30.3 Å². The fourth-order valence-corrected chi connectivity index (χ4v) is 2.29. The highest BCUT2D eigenvalue weighted by Crippen LogP contribution is 2.30. The Morgan fingerprint density at radius 2 is 1.91 bits per heavy atom. The van der Waals surface area contributed by atoms with Crippen molar-refractivity contribution in [1.82, 2.24) is 5.16 Å². The van der Waals surface area contributed by atoms with Crippen LogP contribution in [0.3, 0.4) is 0 Å². The predicted molar refractivity (Wildman–Crippen MR) is 75.4 cm³/mol. The second kappa shape index (κ2) is 5.29. The molecule has 23 heavy (non-hydrogen) atoms. The van der Waals surface area contributed by atoms with E-state index in [1.807, 2.05) is 0 Å². The molecule has 0 fully saturated rings. The molecule has 0 bridgehead atoms. The topological polar surface area (TPSA) is 156 Å². The third-order valence-corrected chi connectivity index (χ3v) is 3.29. The summed E-state index contributed by atoms with van der Waals surface area (Å²) in [7, 11) is 0. The Labute approximate surface area is 127 Å². The Kier molecular flexibility index (Phi) is 3.29. The van der Waals surface area contributed by atoms with Crippen LogP contribution in [0.25, 0.3) is 0 Å². The van der Waals surface area contributed by atoms with Crippen LogP contribution in [-0.2, 0) is 0 Å². The molecule has 2 aromatic rings. The van der Waals surface area contributed by atoms with E-state index in [0.29, 0.717) is 5.69 Å². The zero-order valence-electron chi connectivity index (χ0n) is 11.3. The van der Waals surface area contributed by atoms with E-state index < -0.39 is 27.3 Å². The van der Waals surface area contributed by atoms with Crippen molar-refractivity contribution in [2.45, 2.75) is 6.04 Å². The van der Waals surface area contributed by atoms with Gasteiger partial charge < -0.3 is 15.7 Å². The highest BCUT2D eigenvalue weighted by molar-refractivity contribution is 6.06. The average molecular weight is 319 g/mol. The maximum absolute atomic E-state index is 11.8. The number of rotatable bonds is 3. The molecule has 0 aliphatic heterocycles. The van der Waals surface area contributed by atoms with E-state index in [4.69, 9.17) is 0 Å². The van der Waals surface area contributed by atoms with Crippen molar-refractivity contribution >= 4 is 11.4 Å². The van der Waals surface area contributed by atoms with Crippen molar-refractivity contribution in [2.75, 3.05) is 5.32 Å². The number of H-pyrrole nitrogens is 1. The molecule has 11 nitrogen and oxygen atoms in total. The molecule has 3 rings (SSSR count). The lowest BCUT2D eigenvalue weighted by atomic mass is 9.98. The Morgan fingerprint density at radius 3 is 2.52 bits per heavy atom. The second-order valence-electron chi connectivity index (χ2n) is 4.62. The molecule has 11 heteroatoms. The number of hydrogen-bond donors (Lipinski definition) is 2. The van der Waals surface area contributed by atoms with Crippen LogP contribution in [0.15, 0.2) is 46.7 Å². The average Bonchev–Trinajstić information content (AvgIpc) is 2.90. The van der Waals surface area contributed by atoms with Crippen LogP contribution >= 0.6 is 0 Å². The van der Waals surface area contributed by atoms with Crippen LogP contribution in [0.1, 0.15) is 17.4 Å². The maximum Gasteiger partial charge on any atom is 0.291 e. The van der Waals surface area contributed by atoms with Gasteiger partial charge in [-0.1, -0.05) is 28.0 Å². The van der Waals surface area contributed by atoms with Gasteiger partial charge in [0.05, 0.1) is 11.0 Å². The van der Waals surface area contributed by atoms with Gasteiger partial charge in [0.2, 0.25) is 0 Å². The highest BCUT2D eigenvalue weighted by atomic mass is 16.8. The molecule has 1 unspecified atom stereocenters. The van der Waals surface area contributed by atoms with Gasteiger partial charge in [0, 0.05) is 5.69 Å². The molecule has 0 saturated heterocycles. The zero-order valence-corrected chi connectivity index (χ0v) is 11.3. The van der Waals surface area contributed by atoms with Gasteiger partial charge in [-0.2, -0.15) is 4.90 Å². The van der Waals surface area contributed by atoms with Crippen molar-refractivity contribution in [1.29, 1.82) is 0 Å². The molecule has 0 spiro atoms. The molecule has 2 N–H and O–H groups in total. The number of hydrogen-bond acceptors (Lipinski definition) is 7. The van der Waals surface area contributed by atoms with Crippen LogP contribution in [0.2, 0.25) is 0 Å². The van der Waals surface area contributed by atoms with Crippen LogP contribution in [0, 0.1) is 25.4 Å². The number of fused-ring (bicyclic) bond motifs is 1. The molecular formula is C12H9N5O6. The lowest BCUT2D eigenvalue weighted by Gasteiger charge is -2.17. The molecule has 0 saturated carbocycles. The summed E-state index contributed by atoms with van der Waals surface area (Å²) < 4.78 is 4.49. The quantitative estimate of drug-likeness (QED) is 0.477. The normalized spacial score (nSPS) is 16.4. The Balaban J connectivity index is 2.18. The standard InChI is InChI=1S/C12H9N5O6/c18-15(19)8-6-9(16(20)21)11-12(17(22)23-14-11)10(8)13-7-4-2-1-3-5-7/h1-6,10,13-14H. The van der Waals surface area contributed by atoms with Crippen molar-refractivity contribution in [2.24, 2.45) is 0 Å². The van der Waals surface area contributed by atoms with E-state index >= 15 is 0 Å². The fourth-order valence-electron chi connectivity index (χ4n) is 2.29. The minimum atomic E-state index is -1.21. The number of benzene rings is 1. The fraction of sp³-hybridized carbons (Fsp3) is 0.0833. The van der Waals surface area contributed by atoms with Crippen molar-refractivity contribution < 1.29 is 19.1 Å². The van der Waals surface area contributed by atoms with Gasteiger partial charge in [-0.05, 0) is 17.0 Å². The molecular weight excluding hydrogens is 310 g/mol. The second-order valence-corrected chi connectivity index (χ2v) is 4.62. The lowest BCUT2D eigenvalue weighted by Crippen LogP contribution is -2.33. The van der Waals surface area contributed by atoms with Gasteiger partial charge in [-0.15, -0.1) is 0 Å². The summed E-state index contributed by atoms with van der Waals surface area (Å²) in [4.78, 5) is 21.5. The first-order valence-corrected chi connectivity index (χ1v) is 6.32. The van der Waals surface area contributed by atoms with Gasteiger partial charge in [-0.3, -0.25) is 10.1 Å². The predicted octanol–water partition coefficient (Wildman–Crippen LogP) is 0.647. The van der Waals surface area contributed by atoms with Crippen LogP contribution in [0.5, 0.6) is 0 Å². The summed E-state index contributed by atoms with van der Waals surface area (Å²) in [5, 5.41) is 38.3. The first-order valence-electron chi connectivity index (χ1n) is 6.32. The summed E-state index contributed by atoms with van der Waals surface area (Å²) in [6, 6.07) is 7.22. The number of nitrogens with zero attached hydrogens (tertiary/aromatic N) is 3. The molecule has 1 heterocycles. The summed E-state index contributed by atoms with van der Waals surface area (Å²) in [5.41, 5.74) is -1.15. The number of allylic oxidation sites excluding steroid dienone is 1. The van der Waals surface area contributed by atoms with E-state index in [9.17, 15) is 25.4 Å². The molecule has 1 aliphatic rings. The first-order chi connectivity index (χ1) is 11.0. The zero-order chi connectivity index (χ0) is 16.6. The third kappa shape index (κ3) is 2.39. The summed E-state index contributed by atoms with van der Waals surface area (Å²) >= 11 is 0. The molecule has 0 radical (unpaired) electrons. The molecule has 1 aromatic carbocycles. The number of aromatic amines is 1. The van der Waals surface area contributed by atoms with E-state index in [0.717, 1.165) is 6.08 Å². The maximum atomic E-state index is 11.8. The Bertz CT molecular complexity index is 877. The SMILES string of the molecule is O=[N+]([O-])C1=CC(=[N+]([O-])[O-])c2[nH]o[n+](=O)c2C1Nc1ccccc1. The third-order valence-electron chi connectivity index (χ3n) is 3.29. The minimum absolute atomic E-state index is 0.0179. The monoisotopic (exact) mass is 319 g/mol. The van der Waals surface area contributed by atoms with Crippen molar-refractivity contribution in [3.05, 3.63) is 78.9 Å². The number of aromatic nitrogens is 2. The molecule has 1 aromatic heterocycles. The first kappa shape index (κ1) is 14.3. The molecule has 1 aliphatic carbocycles. The van der Waals surface area contributed by atoms with Crippen LogP contribution in [-0.4, -0.2) is 20.7 Å². The lowest BCUT2D eigenvalue weighted by molar-refractivity contribution is -0.720. The van der Waals surface area contributed by atoms with Gasteiger partial charge in [0.15, 0.2) is 10.6 Å². The minimum Gasteiger partial charge on any atom is -0.612 e. The summed E-state index contributed by atoms with van der Waals surface area (Å²) in [6.07, 6.45) is 0.801. The molecule has 0 amide bonds. The molecule has 1 atom stereocenters. The number of anilines is 1. The Morgan fingerprint density at radius 1 is 1.22 bits per heavy atom. The highest BCUT2D eigenvalue weighted by Gasteiger charge is 2.46. The number of para-hydroxylation sites is 1. The van der Waals surface area contributed by atoms with Gasteiger partial charge in [0.25, 0.3) is 22.8 Å². The number of nitrogens with one attached hydrogen (secondary N) is 2. The van der Waals surface area contributed by atoms with Crippen molar-refractivity contribution in [3.8, 4) is 0 Å². The summed E-state index contributed by atoms with van der Waals surface area (Å²) in [6.45, 7) is 0. The molecule has 118 valence electrons. The Hall–Kier alpha value is -3.63. The van der Waals surface area contributed by atoms with Crippen LogP contribution in [0.4, 0.5) is 5.69 Å². The van der Waals surface area contributed by atoms with Crippen LogP contribution < -0.4 is 9.92 Å². The summed E-state index contributed by atoms with van der Waals surface area (Å²) in [5.74, 6) is 0.